The van der Waals surface area contributed by atoms with Crippen molar-refractivity contribution in [1.29, 1.82) is 0 Å². The van der Waals surface area contributed by atoms with Gasteiger partial charge < -0.3 is 9.47 Å². The predicted molar refractivity (Wildman–Crippen MR) is 109 cm³/mol. The van der Waals surface area contributed by atoms with Crippen LogP contribution in [-0.2, 0) is 14.8 Å². The summed E-state index contributed by atoms with van der Waals surface area (Å²) in [7, 11) is -3.96. The van der Waals surface area contributed by atoms with Crippen molar-refractivity contribution in [1.82, 2.24) is 0 Å². The Morgan fingerprint density at radius 1 is 1.24 bits per heavy atom. The van der Waals surface area contributed by atoms with Gasteiger partial charge >= 0.3 is 6.09 Å². The molecule has 1 unspecified atom stereocenters. The van der Waals surface area contributed by atoms with E-state index in [0.29, 0.717) is 11.4 Å². The molecular formula is C20H25FN2O5S. The van der Waals surface area contributed by atoms with Gasteiger partial charge in [-0.05, 0) is 70.2 Å². The summed E-state index contributed by atoms with van der Waals surface area (Å²) in [6, 6.07) is 9.32. The van der Waals surface area contributed by atoms with E-state index >= 15 is 0 Å². The van der Waals surface area contributed by atoms with Crippen LogP contribution >= 0.6 is 0 Å². The summed E-state index contributed by atoms with van der Waals surface area (Å²) in [5.74, 6) is -0.160. The first kappa shape index (κ1) is 20.9. The molecule has 0 bridgehead atoms. The summed E-state index contributed by atoms with van der Waals surface area (Å²) in [6.45, 7) is 7.05. The zero-order valence-electron chi connectivity index (χ0n) is 16.6. The molecule has 158 valence electrons. The molecule has 1 aliphatic rings. The van der Waals surface area contributed by atoms with Gasteiger partial charge in [-0.25, -0.2) is 17.6 Å². The fourth-order valence-electron chi connectivity index (χ4n) is 2.86. The number of fused-ring (bicyclic) bond motifs is 1. The molecule has 0 spiro atoms. The van der Waals surface area contributed by atoms with E-state index < -0.39 is 27.5 Å². The number of carbonyl (C=O) groups is 1. The number of hydrogen-bond donors (Lipinski definition) is 1. The van der Waals surface area contributed by atoms with Crippen LogP contribution in [0.2, 0.25) is 0 Å². The molecule has 2 aromatic rings. The molecule has 1 atom stereocenters. The SMILES string of the molecule is CC1CN(S(=O)(=O)c2ccc(F)cc2)c2cc(NC(=O)OC(C)(C)C)ccc2O1.[HH]. The van der Waals surface area contributed by atoms with E-state index in [-0.39, 0.29) is 24.7 Å². The molecule has 9 heteroatoms. The van der Waals surface area contributed by atoms with E-state index in [1.54, 1.807) is 39.8 Å². The number of nitrogens with one attached hydrogen (secondary N) is 1. The van der Waals surface area contributed by atoms with Crippen molar-refractivity contribution in [2.24, 2.45) is 0 Å². The molecular weight excluding hydrogens is 399 g/mol. The van der Waals surface area contributed by atoms with E-state index in [4.69, 9.17) is 9.47 Å². The van der Waals surface area contributed by atoms with Gasteiger partial charge in [0, 0.05) is 7.11 Å². The Bertz CT molecular complexity index is 1020. The number of halogens is 1. The Balaban J connectivity index is 0.00000320. The normalized spacial score (nSPS) is 16.6. The maximum absolute atomic E-state index is 13.2. The fourth-order valence-corrected chi connectivity index (χ4v) is 4.40. The largest absolute Gasteiger partial charge is 0.487 e. The summed E-state index contributed by atoms with van der Waals surface area (Å²) < 4.78 is 51.7. The summed E-state index contributed by atoms with van der Waals surface area (Å²) in [6.07, 6.45) is -1.04. The minimum absolute atomic E-state index is 0. The average Bonchev–Trinajstić information content (AvgIpc) is 2.60. The molecule has 2 aromatic carbocycles. The van der Waals surface area contributed by atoms with Crippen LogP contribution in [0.5, 0.6) is 5.75 Å². The lowest BCUT2D eigenvalue weighted by Crippen LogP contribution is -2.42. The van der Waals surface area contributed by atoms with E-state index in [0.717, 1.165) is 12.1 Å². The first-order valence-electron chi connectivity index (χ1n) is 9.05. The van der Waals surface area contributed by atoms with Gasteiger partial charge in [0.1, 0.15) is 23.3 Å². The lowest BCUT2D eigenvalue weighted by molar-refractivity contribution is 0.0636. The van der Waals surface area contributed by atoms with Gasteiger partial charge in [0.25, 0.3) is 10.0 Å². The van der Waals surface area contributed by atoms with Crippen LogP contribution in [0.25, 0.3) is 0 Å². The summed E-state index contributed by atoms with van der Waals surface area (Å²) in [5, 5.41) is 2.59. The highest BCUT2D eigenvalue weighted by molar-refractivity contribution is 7.92. The van der Waals surface area contributed by atoms with Crippen molar-refractivity contribution < 1.29 is 28.5 Å². The Labute approximate surface area is 171 Å². The maximum atomic E-state index is 13.2. The first-order chi connectivity index (χ1) is 13.5. The average molecular weight is 424 g/mol. The van der Waals surface area contributed by atoms with Crippen LogP contribution in [0.1, 0.15) is 29.1 Å². The third-order valence-corrected chi connectivity index (χ3v) is 5.82. The number of hydrogen-bond acceptors (Lipinski definition) is 5. The van der Waals surface area contributed by atoms with Crippen LogP contribution in [-0.4, -0.2) is 32.8 Å². The Morgan fingerprint density at radius 2 is 1.90 bits per heavy atom. The third kappa shape index (κ3) is 4.79. The number of sulfonamides is 1. The van der Waals surface area contributed by atoms with Gasteiger partial charge in [-0.3, -0.25) is 9.62 Å². The second kappa shape index (κ2) is 7.55. The number of amides is 1. The van der Waals surface area contributed by atoms with Crippen LogP contribution in [0, 0.1) is 5.82 Å². The first-order valence-corrected chi connectivity index (χ1v) is 10.5. The van der Waals surface area contributed by atoms with Crippen molar-refractivity contribution in [3.8, 4) is 5.75 Å². The minimum Gasteiger partial charge on any atom is -0.487 e. The molecule has 0 aliphatic carbocycles. The molecule has 1 aliphatic heterocycles. The molecule has 7 nitrogen and oxygen atoms in total. The second-order valence-electron chi connectivity index (χ2n) is 7.73. The quantitative estimate of drug-likeness (QED) is 0.790. The number of carbonyl (C=O) groups excluding carboxylic acids is 1. The van der Waals surface area contributed by atoms with Crippen molar-refractivity contribution in [3.05, 3.63) is 48.3 Å². The Hall–Kier alpha value is -2.81. The van der Waals surface area contributed by atoms with Gasteiger partial charge in [0.05, 0.1) is 17.1 Å². The number of rotatable bonds is 3. The number of anilines is 2. The topological polar surface area (TPSA) is 84.9 Å². The van der Waals surface area contributed by atoms with E-state index in [9.17, 15) is 17.6 Å². The minimum atomic E-state index is -3.96. The molecule has 1 heterocycles. The molecule has 0 radical (unpaired) electrons. The number of benzene rings is 2. The van der Waals surface area contributed by atoms with Crippen molar-refractivity contribution in [2.45, 2.75) is 44.3 Å². The lowest BCUT2D eigenvalue weighted by Gasteiger charge is -2.34. The van der Waals surface area contributed by atoms with E-state index in [1.165, 1.54) is 22.5 Å². The zero-order valence-corrected chi connectivity index (χ0v) is 17.4. The molecule has 3 rings (SSSR count). The molecule has 0 saturated heterocycles. The fraction of sp³-hybridized carbons (Fsp3) is 0.350. The molecule has 0 aromatic heterocycles. The van der Waals surface area contributed by atoms with Crippen LogP contribution in [0.3, 0.4) is 0 Å². The molecule has 1 N–H and O–H groups in total. The predicted octanol–water partition coefficient (Wildman–Crippen LogP) is 4.39. The van der Waals surface area contributed by atoms with E-state index in [1.807, 2.05) is 0 Å². The highest BCUT2D eigenvalue weighted by atomic mass is 32.2. The summed E-state index contributed by atoms with van der Waals surface area (Å²) in [5.41, 5.74) is -0.0362. The zero-order chi connectivity index (χ0) is 21.4. The Kier molecular flexibility index (Phi) is 5.44. The van der Waals surface area contributed by atoms with Gasteiger partial charge in [0.2, 0.25) is 0 Å². The second-order valence-corrected chi connectivity index (χ2v) is 9.59. The van der Waals surface area contributed by atoms with Gasteiger partial charge in [-0.2, -0.15) is 0 Å². The van der Waals surface area contributed by atoms with Gasteiger partial charge in [-0.1, -0.05) is 0 Å². The monoisotopic (exact) mass is 424 g/mol. The Morgan fingerprint density at radius 3 is 2.52 bits per heavy atom. The molecule has 0 saturated carbocycles. The molecule has 1 amide bonds. The lowest BCUT2D eigenvalue weighted by atomic mass is 10.2. The van der Waals surface area contributed by atoms with Gasteiger partial charge in [-0.15, -0.1) is 0 Å². The summed E-state index contributed by atoms with van der Waals surface area (Å²) >= 11 is 0. The van der Waals surface area contributed by atoms with Crippen LogP contribution in [0.15, 0.2) is 47.4 Å². The summed E-state index contributed by atoms with van der Waals surface area (Å²) in [4.78, 5) is 12.0. The van der Waals surface area contributed by atoms with Gasteiger partial charge in [0.15, 0.2) is 0 Å². The number of nitrogens with zero attached hydrogens (tertiary/aromatic N) is 1. The highest BCUT2D eigenvalue weighted by Gasteiger charge is 2.33. The van der Waals surface area contributed by atoms with Crippen LogP contribution in [0.4, 0.5) is 20.6 Å². The van der Waals surface area contributed by atoms with Crippen molar-refractivity contribution in [2.75, 3.05) is 16.2 Å². The van der Waals surface area contributed by atoms with Crippen molar-refractivity contribution in [3.63, 3.8) is 0 Å². The standard InChI is InChI=1S/C20H23FN2O5S.H2/c1-13-12-23(29(25,26)16-8-5-14(21)6-9-16)17-11-15(7-10-18(17)27-13)22-19(24)28-20(2,3)4;/h5-11,13H,12H2,1-4H3,(H,22,24);1H. The number of ether oxygens (including phenoxy) is 2. The van der Waals surface area contributed by atoms with Crippen molar-refractivity contribution >= 4 is 27.5 Å². The molecule has 0 fully saturated rings. The maximum Gasteiger partial charge on any atom is 0.412 e. The van der Waals surface area contributed by atoms with E-state index in [2.05, 4.69) is 5.32 Å². The smallest absolute Gasteiger partial charge is 0.412 e. The third-order valence-electron chi connectivity index (χ3n) is 4.03. The highest BCUT2D eigenvalue weighted by Crippen LogP contribution is 2.39. The molecule has 29 heavy (non-hydrogen) atoms. The van der Waals surface area contributed by atoms with Crippen LogP contribution < -0.4 is 14.4 Å².